The Morgan fingerprint density at radius 3 is 1.35 bits per heavy atom. The van der Waals surface area contributed by atoms with Gasteiger partial charge < -0.3 is 17.8 Å². The monoisotopic (exact) mass is 390 g/mol. The first-order chi connectivity index (χ1) is 12.4. The maximum absolute atomic E-state index is 6.02. The first kappa shape index (κ1) is 26.1. The van der Waals surface area contributed by atoms with E-state index in [1.54, 1.807) is 0 Å². The van der Waals surface area contributed by atoms with E-state index in [2.05, 4.69) is 21.0 Å². The Morgan fingerprint density at radius 1 is 0.577 bits per heavy atom. The largest absolute Gasteiger partial charge is 0.559 e. The summed E-state index contributed by atoms with van der Waals surface area (Å²) in [6.07, 6.45) is 14.7. The first-order valence-corrected chi connectivity index (χ1v) is 13.1. The summed E-state index contributed by atoms with van der Waals surface area (Å²) in [6.45, 7) is 11.5. The summed E-state index contributed by atoms with van der Waals surface area (Å²) in [6, 6.07) is 0. The second kappa shape index (κ2) is 16.1. The number of rotatable bonds is 19. The van der Waals surface area contributed by atoms with Gasteiger partial charge in [-0.3, -0.25) is 0 Å². The predicted molar refractivity (Wildman–Crippen MR) is 114 cm³/mol. The predicted octanol–water partition coefficient (Wildman–Crippen LogP) is 5.57. The highest BCUT2D eigenvalue weighted by molar-refractivity contribution is 6.60. The number of nitrogens with zero attached hydrogens (tertiary/aromatic N) is 1. The molecule has 0 atom stereocenters. The molecule has 0 radical (unpaired) electrons. The van der Waals surface area contributed by atoms with Crippen LogP contribution in [0.1, 0.15) is 91.9 Å². The van der Waals surface area contributed by atoms with Crippen LogP contribution in [-0.2, 0) is 13.3 Å². The molecule has 0 N–H and O–H groups in total. The second-order valence-corrected chi connectivity index (χ2v) is 10.5. The van der Waals surface area contributed by atoms with Gasteiger partial charge in [-0.15, -0.1) is 0 Å². The van der Waals surface area contributed by atoms with Crippen molar-refractivity contribution in [2.45, 2.75) is 91.9 Å². The van der Waals surface area contributed by atoms with Crippen LogP contribution in [0.25, 0.3) is 0 Å². The van der Waals surface area contributed by atoms with E-state index in [1.165, 1.54) is 70.8 Å². The average Bonchev–Trinajstić information content (AvgIpc) is 2.57. The Bertz CT molecular complexity index is 297. The molecule has 0 aliphatic carbocycles. The smallest absolute Gasteiger partial charge is 0.370 e. The molecule has 0 fully saturated rings. The molecule has 26 heavy (non-hydrogen) atoms. The van der Waals surface area contributed by atoms with Gasteiger partial charge in [-0.25, -0.2) is 0 Å². The SMILES string of the molecule is CCCCCCCCCCCC[N+](C)(C)C[Si](OCC)(OCC)OCC. The molecular weight excluding hydrogens is 342 g/mol. The summed E-state index contributed by atoms with van der Waals surface area (Å²) in [5, 5.41) is 0. The van der Waals surface area contributed by atoms with Crippen LogP contribution in [-0.4, -0.2) is 59.9 Å². The molecule has 0 aliphatic rings. The van der Waals surface area contributed by atoms with Crippen LogP contribution in [0.5, 0.6) is 0 Å². The molecule has 0 heterocycles. The summed E-state index contributed by atoms with van der Waals surface area (Å²) < 4.78 is 19.0. The highest BCUT2D eigenvalue weighted by Crippen LogP contribution is 2.17. The molecule has 0 spiro atoms. The number of unbranched alkanes of at least 4 members (excludes halogenated alkanes) is 9. The van der Waals surface area contributed by atoms with E-state index >= 15 is 0 Å². The molecule has 0 saturated carbocycles. The van der Waals surface area contributed by atoms with Crippen molar-refractivity contribution in [1.29, 1.82) is 0 Å². The molecule has 0 aromatic heterocycles. The third-order valence-corrected chi connectivity index (χ3v) is 8.26. The maximum Gasteiger partial charge on any atom is 0.559 e. The fourth-order valence-corrected chi connectivity index (χ4v) is 6.60. The van der Waals surface area contributed by atoms with Crippen molar-refractivity contribution >= 4 is 8.80 Å². The van der Waals surface area contributed by atoms with E-state index in [0.29, 0.717) is 19.8 Å². The molecular formula is C21H48NO3Si+. The summed E-state index contributed by atoms with van der Waals surface area (Å²) in [7, 11) is 2.01. The number of quaternary nitrogens is 1. The third-order valence-electron chi connectivity index (χ3n) is 4.83. The van der Waals surface area contributed by atoms with Crippen molar-refractivity contribution in [3.05, 3.63) is 0 Å². The lowest BCUT2D eigenvalue weighted by molar-refractivity contribution is -0.883. The molecule has 158 valence electrons. The van der Waals surface area contributed by atoms with E-state index in [1.807, 2.05) is 20.8 Å². The first-order valence-electron chi connectivity index (χ1n) is 11.2. The Hall–Kier alpha value is 0.0569. The standard InChI is InChI=1S/C21H48NO3Si/c1-7-11-12-13-14-15-16-17-18-19-20-22(5,6)21-26(23-8-2,24-9-3)25-10-4/h7-21H2,1-6H3/q+1. The zero-order valence-corrected chi connectivity index (χ0v) is 19.8. The molecule has 4 nitrogen and oxygen atoms in total. The van der Waals surface area contributed by atoms with E-state index in [9.17, 15) is 0 Å². The Kier molecular flexibility index (Phi) is 16.1. The zero-order chi connectivity index (χ0) is 19.7. The van der Waals surface area contributed by atoms with Crippen molar-refractivity contribution in [3.63, 3.8) is 0 Å². The van der Waals surface area contributed by atoms with E-state index in [4.69, 9.17) is 13.3 Å². The Morgan fingerprint density at radius 2 is 0.962 bits per heavy atom. The summed E-state index contributed by atoms with van der Waals surface area (Å²) >= 11 is 0. The minimum atomic E-state index is -2.56. The van der Waals surface area contributed by atoms with Gasteiger partial charge in [0.2, 0.25) is 0 Å². The van der Waals surface area contributed by atoms with E-state index < -0.39 is 8.80 Å². The second-order valence-electron chi connectivity index (χ2n) is 7.98. The molecule has 0 unspecified atom stereocenters. The van der Waals surface area contributed by atoms with Gasteiger partial charge in [-0.05, 0) is 33.6 Å². The molecule has 5 heteroatoms. The van der Waals surface area contributed by atoms with Crippen LogP contribution in [0.4, 0.5) is 0 Å². The lowest BCUT2D eigenvalue weighted by atomic mass is 10.1. The van der Waals surface area contributed by atoms with Gasteiger partial charge in [0.15, 0.2) is 0 Å². The molecule has 0 bridgehead atoms. The van der Waals surface area contributed by atoms with E-state index in [-0.39, 0.29) is 0 Å². The van der Waals surface area contributed by atoms with Crippen LogP contribution in [0.2, 0.25) is 0 Å². The van der Waals surface area contributed by atoms with Gasteiger partial charge in [-0.1, -0.05) is 58.3 Å². The summed E-state index contributed by atoms with van der Waals surface area (Å²) in [5.41, 5.74) is 0. The molecule has 0 rings (SSSR count). The quantitative estimate of drug-likeness (QED) is 0.164. The lowest BCUT2D eigenvalue weighted by Gasteiger charge is -2.37. The van der Waals surface area contributed by atoms with Crippen molar-refractivity contribution in [1.82, 2.24) is 0 Å². The van der Waals surface area contributed by atoms with Gasteiger partial charge in [0.1, 0.15) is 6.17 Å². The molecule has 0 aromatic carbocycles. The molecule has 0 aromatic rings. The van der Waals surface area contributed by atoms with Gasteiger partial charge in [0.05, 0.1) is 20.6 Å². The molecule has 0 aliphatic heterocycles. The lowest BCUT2D eigenvalue weighted by Crippen LogP contribution is -2.60. The highest BCUT2D eigenvalue weighted by atomic mass is 28.4. The fourth-order valence-electron chi connectivity index (χ4n) is 3.55. The molecule has 0 amide bonds. The average molecular weight is 391 g/mol. The topological polar surface area (TPSA) is 27.7 Å². The van der Waals surface area contributed by atoms with Crippen molar-refractivity contribution in [3.8, 4) is 0 Å². The van der Waals surface area contributed by atoms with Crippen molar-refractivity contribution in [2.75, 3.05) is 46.6 Å². The molecule has 0 saturated heterocycles. The van der Waals surface area contributed by atoms with Gasteiger partial charge >= 0.3 is 8.80 Å². The Labute approximate surface area is 165 Å². The van der Waals surface area contributed by atoms with Crippen molar-refractivity contribution < 1.29 is 17.8 Å². The van der Waals surface area contributed by atoms with Crippen LogP contribution < -0.4 is 0 Å². The van der Waals surface area contributed by atoms with Gasteiger partial charge in [0, 0.05) is 19.8 Å². The zero-order valence-electron chi connectivity index (χ0n) is 18.8. The summed E-state index contributed by atoms with van der Waals surface area (Å²) in [4.78, 5) is 0. The summed E-state index contributed by atoms with van der Waals surface area (Å²) in [5.74, 6) is 0. The van der Waals surface area contributed by atoms with Crippen LogP contribution in [0.15, 0.2) is 0 Å². The van der Waals surface area contributed by atoms with Crippen LogP contribution in [0, 0.1) is 0 Å². The minimum absolute atomic E-state index is 0.657. The highest BCUT2D eigenvalue weighted by Gasteiger charge is 2.47. The minimum Gasteiger partial charge on any atom is -0.370 e. The Balaban J connectivity index is 4.06. The van der Waals surface area contributed by atoms with Crippen LogP contribution >= 0.6 is 0 Å². The fraction of sp³-hybridized carbons (Fsp3) is 1.00. The normalized spacial score (nSPS) is 12.7. The van der Waals surface area contributed by atoms with Gasteiger partial charge in [-0.2, -0.15) is 0 Å². The van der Waals surface area contributed by atoms with Gasteiger partial charge in [0.25, 0.3) is 0 Å². The van der Waals surface area contributed by atoms with Crippen LogP contribution in [0.3, 0.4) is 0 Å². The number of hydrogen-bond acceptors (Lipinski definition) is 3. The van der Waals surface area contributed by atoms with E-state index in [0.717, 1.165) is 10.7 Å². The maximum atomic E-state index is 6.02. The number of hydrogen-bond donors (Lipinski definition) is 0. The third kappa shape index (κ3) is 13.3. The van der Waals surface area contributed by atoms with Crippen molar-refractivity contribution in [2.24, 2.45) is 0 Å².